The standard InChI is InChI=1S/C22H27N5OS/c1-15(2)26(16(3)4)20(28)14-29-22-25-24-21(18-10-12-23-13-11-18)27(22)19-8-6-17(5)7-9-19/h6-13,15-16H,14H2,1-5H3. The Morgan fingerprint density at radius 3 is 2.21 bits per heavy atom. The number of pyridine rings is 1. The van der Waals surface area contributed by atoms with E-state index in [0.717, 1.165) is 17.1 Å². The molecule has 1 aromatic carbocycles. The third-order valence-electron chi connectivity index (χ3n) is 4.59. The van der Waals surface area contributed by atoms with Crippen LogP contribution in [0.25, 0.3) is 17.1 Å². The fourth-order valence-electron chi connectivity index (χ4n) is 3.35. The zero-order valence-corrected chi connectivity index (χ0v) is 18.3. The lowest BCUT2D eigenvalue weighted by Gasteiger charge is -2.30. The van der Waals surface area contributed by atoms with Gasteiger partial charge in [0.15, 0.2) is 11.0 Å². The van der Waals surface area contributed by atoms with E-state index in [-0.39, 0.29) is 18.0 Å². The van der Waals surface area contributed by atoms with Gasteiger partial charge in [0.2, 0.25) is 5.91 Å². The van der Waals surface area contributed by atoms with Crippen molar-refractivity contribution in [3.63, 3.8) is 0 Å². The summed E-state index contributed by atoms with van der Waals surface area (Å²) in [7, 11) is 0. The van der Waals surface area contributed by atoms with Crippen molar-refractivity contribution in [1.82, 2.24) is 24.6 Å². The quantitative estimate of drug-likeness (QED) is 0.542. The fourth-order valence-corrected chi connectivity index (χ4v) is 4.17. The molecule has 7 heteroatoms. The first-order valence-corrected chi connectivity index (χ1v) is 10.7. The third-order valence-corrected chi connectivity index (χ3v) is 5.50. The first kappa shape index (κ1) is 21.0. The van der Waals surface area contributed by atoms with Crippen LogP contribution in [-0.4, -0.2) is 48.4 Å². The zero-order valence-electron chi connectivity index (χ0n) is 17.5. The predicted octanol–water partition coefficient (Wildman–Crippen LogP) is 4.38. The van der Waals surface area contributed by atoms with Crippen molar-refractivity contribution in [1.29, 1.82) is 0 Å². The molecule has 6 nitrogen and oxygen atoms in total. The second-order valence-corrected chi connectivity index (χ2v) is 8.43. The van der Waals surface area contributed by atoms with Gasteiger partial charge in [0.1, 0.15) is 0 Å². The number of carbonyl (C=O) groups is 1. The van der Waals surface area contributed by atoms with E-state index in [2.05, 4.69) is 34.2 Å². The number of aromatic nitrogens is 4. The Morgan fingerprint density at radius 2 is 1.62 bits per heavy atom. The Labute approximate surface area is 176 Å². The number of benzene rings is 1. The molecule has 0 bridgehead atoms. The molecule has 0 aliphatic rings. The summed E-state index contributed by atoms with van der Waals surface area (Å²) in [6, 6.07) is 12.3. The SMILES string of the molecule is Cc1ccc(-n2c(SCC(=O)N(C(C)C)C(C)C)nnc2-c2ccncc2)cc1. The van der Waals surface area contributed by atoms with Crippen molar-refractivity contribution < 1.29 is 4.79 Å². The summed E-state index contributed by atoms with van der Waals surface area (Å²) in [6.07, 6.45) is 3.48. The van der Waals surface area contributed by atoms with Crippen LogP contribution in [0.5, 0.6) is 0 Å². The van der Waals surface area contributed by atoms with Gasteiger partial charge >= 0.3 is 0 Å². The summed E-state index contributed by atoms with van der Waals surface area (Å²) in [4.78, 5) is 18.8. The molecular weight excluding hydrogens is 382 g/mol. The van der Waals surface area contributed by atoms with Gasteiger partial charge in [0, 0.05) is 35.7 Å². The lowest BCUT2D eigenvalue weighted by molar-refractivity contribution is -0.131. The first-order chi connectivity index (χ1) is 13.9. The van der Waals surface area contributed by atoms with Gasteiger partial charge in [-0.1, -0.05) is 29.5 Å². The summed E-state index contributed by atoms with van der Waals surface area (Å²) in [5.41, 5.74) is 3.07. The van der Waals surface area contributed by atoms with E-state index in [4.69, 9.17) is 0 Å². The second kappa shape index (κ2) is 9.22. The molecule has 0 aliphatic carbocycles. The summed E-state index contributed by atoms with van der Waals surface area (Å²) in [5.74, 6) is 1.15. The highest BCUT2D eigenvalue weighted by atomic mass is 32.2. The van der Waals surface area contributed by atoms with E-state index in [1.54, 1.807) is 12.4 Å². The molecule has 3 aromatic rings. The zero-order chi connectivity index (χ0) is 21.0. The topological polar surface area (TPSA) is 63.9 Å². The van der Waals surface area contributed by atoms with Crippen molar-refractivity contribution in [2.75, 3.05) is 5.75 Å². The molecule has 2 heterocycles. The van der Waals surface area contributed by atoms with Gasteiger partial charge < -0.3 is 4.90 Å². The van der Waals surface area contributed by atoms with Crippen LogP contribution in [-0.2, 0) is 4.79 Å². The van der Waals surface area contributed by atoms with Crippen LogP contribution in [0.3, 0.4) is 0 Å². The minimum Gasteiger partial charge on any atom is -0.337 e. The number of hydrogen-bond acceptors (Lipinski definition) is 5. The van der Waals surface area contributed by atoms with Crippen LogP contribution in [0.1, 0.15) is 33.3 Å². The number of amides is 1. The van der Waals surface area contributed by atoms with Gasteiger partial charge in [0.25, 0.3) is 0 Å². The highest BCUT2D eigenvalue weighted by Crippen LogP contribution is 2.28. The van der Waals surface area contributed by atoms with Crippen LogP contribution in [0.4, 0.5) is 0 Å². The van der Waals surface area contributed by atoms with Crippen molar-refractivity contribution >= 4 is 17.7 Å². The molecule has 0 unspecified atom stereocenters. The van der Waals surface area contributed by atoms with Crippen LogP contribution >= 0.6 is 11.8 Å². The Bertz CT molecular complexity index is 943. The van der Waals surface area contributed by atoms with Gasteiger partial charge in [-0.2, -0.15) is 0 Å². The van der Waals surface area contributed by atoms with Gasteiger partial charge in [-0.25, -0.2) is 0 Å². The van der Waals surface area contributed by atoms with Gasteiger partial charge in [-0.3, -0.25) is 14.3 Å². The maximum Gasteiger partial charge on any atom is 0.233 e. The summed E-state index contributed by atoms with van der Waals surface area (Å²) in [5, 5.41) is 9.51. The monoisotopic (exact) mass is 409 g/mol. The Hall–Kier alpha value is -2.67. The Balaban J connectivity index is 1.94. The average Bonchev–Trinajstić information content (AvgIpc) is 3.11. The number of nitrogens with zero attached hydrogens (tertiary/aromatic N) is 5. The minimum absolute atomic E-state index is 0.101. The van der Waals surface area contributed by atoms with Gasteiger partial charge in [-0.15, -0.1) is 10.2 Å². The number of aryl methyl sites for hydroxylation is 1. The molecular formula is C22H27N5OS. The highest BCUT2D eigenvalue weighted by Gasteiger charge is 2.22. The molecule has 0 aliphatic heterocycles. The molecule has 29 heavy (non-hydrogen) atoms. The third kappa shape index (κ3) is 4.85. The number of rotatable bonds is 7. The molecule has 2 aromatic heterocycles. The van der Waals surface area contributed by atoms with Crippen molar-refractivity contribution in [3.8, 4) is 17.1 Å². The minimum atomic E-state index is 0.101. The van der Waals surface area contributed by atoms with E-state index in [9.17, 15) is 4.79 Å². The maximum atomic E-state index is 12.8. The van der Waals surface area contributed by atoms with Gasteiger partial charge in [0.05, 0.1) is 5.75 Å². The second-order valence-electron chi connectivity index (χ2n) is 7.49. The smallest absolute Gasteiger partial charge is 0.233 e. The van der Waals surface area contributed by atoms with Gasteiger partial charge in [-0.05, 0) is 58.9 Å². The molecule has 0 saturated carbocycles. The van der Waals surface area contributed by atoms with E-state index in [0.29, 0.717) is 10.9 Å². The lowest BCUT2D eigenvalue weighted by atomic mass is 10.2. The molecule has 0 radical (unpaired) electrons. The molecule has 0 N–H and O–H groups in total. The normalized spacial score (nSPS) is 11.3. The Morgan fingerprint density at radius 1 is 1.00 bits per heavy atom. The fraction of sp³-hybridized carbons (Fsp3) is 0.364. The van der Waals surface area contributed by atoms with Crippen molar-refractivity contribution in [2.45, 2.75) is 51.9 Å². The summed E-state index contributed by atoms with van der Waals surface area (Å²) >= 11 is 1.42. The molecule has 1 amide bonds. The molecule has 0 spiro atoms. The van der Waals surface area contributed by atoms with E-state index in [1.165, 1.54) is 17.3 Å². The number of hydrogen-bond donors (Lipinski definition) is 0. The van der Waals surface area contributed by atoms with Crippen molar-refractivity contribution in [3.05, 3.63) is 54.4 Å². The molecule has 0 fully saturated rings. The number of carbonyl (C=O) groups excluding carboxylic acids is 1. The molecule has 0 saturated heterocycles. The van der Waals surface area contributed by atoms with E-state index < -0.39 is 0 Å². The summed E-state index contributed by atoms with van der Waals surface area (Å²) < 4.78 is 2.00. The Kier molecular flexibility index (Phi) is 6.69. The predicted molar refractivity (Wildman–Crippen MR) is 117 cm³/mol. The van der Waals surface area contributed by atoms with E-state index in [1.807, 2.05) is 61.4 Å². The largest absolute Gasteiger partial charge is 0.337 e. The molecule has 3 rings (SSSR count). The van der Waals surface area contributed by atoms with Crippen LogP contribution in [0.15, 0.2) is 53.9 Å². The van der Waals surface area contributed by atoms with E-state index >= 15 is 0 Å². The van der Waals surface area contributed by atoms with Crippen LogP contribution in [0.2, 0.25) is 0 Å². The molecule has 0 atom stereocenters. The number of thioether (sulfide) groups is 1. The first-order valence-electron chi connectivity index (χ1n) is 9.75. The summed E-state index contributed by atoms with van der Waals surface area (Å²) in [6.45, 7) is 10.2. The highest BCUT2D eigenvalue weighted by molar-refractivity contribution is 7.99. The van der Waals surface area contributed by atoms with Crippen molar-refractivity contribution in [2.24, 2.45) is 0 Å². The lowest BCUT2D eigenvalue weighted by Crippen LogP contribution is -2.43. The molecule has 152 valence electrons. The maximum absolute atomic E-state index is 12.8. The average molecular weight is 410 g/mol. The van der Waals surface area contributed by atoms with Crippen LogP contribution < -0.4 is 0 Å². The van der Waals surface area contributed by atoms with Crippen LogP contribution in [0, 0.1) is 6.92 Å².